The van der Waals surface area contributed by atoms with Crippen LogP contribution in [-0.4, -0.2) is 42.5 Å². The molecule has 0 saturated carbocycles. The summed E-state index contributed by atoms with van der Waals surface area (Å²) in [5, 5.41) is 2.39. The summed E-state index contributed by atoms with van der Waals surface area (Å²) in [6.07, 6.45) is 1.38. The summed E-state index contributed by atoms with van der Waals surface area (Å²) in [5.74, 6) is 0.239. The largest absolute Gasteiger partial charge is 0.497 e. The highest BCUT2D eigenvalue weighted by Gasteiger charge is 2.15. The van der Waals surface area contributed by atoms with E-state index < -0.39 is 5.97 Å². The molecule has 7 nitrogen and oxygen atoms in total. The van der Waals surface area contributed by atoms with Gasteiger partial charge in [-0.25, -0.2) is 4.98 Å². The zero-order valence-electron chi connectivity index (χ0n) is 15.1. The van der Waals surface area contributed by atoms with Crippen molar-refractivity contribution < 1.29 is 19.0 Å². The number of carbonyl (C=O) groups excluding carboxylic acids is 1. The first kappa shape index (κ1) is 19.1. The molecule has 3 rings (SSSR count). The summed E-state index contributed by atoms with van der Waals surface area (Å²) in [4.78, 5) is 29.8. The fourth-order valence-electron chi connectivity index (χ4n) is 2.61. The Hall–Kier alpha value is -2.71. The van der Waals surface area contributed by atoms with Crippen LogP contribution in [0.5, 0.6) is 5.75 Å². The number of rotatable bonds is 8. The Labute approximate surface area is 160 Å². The van der Waals surface area contributed by atoms with Crippen molar-refractivity contribution in [3.63, 3.8) is 0 Å². The maximum absolute atomic E-state index is 12.9. The molecule has 0 aliphatic carbocycles. The summed E-state index contributed by atoms with van der Waals surface area (Å²) < 4.78 is 16.6. The third kappa shape index (κ3) is 4.35. The van der Waals surface area contributed by atoms with E-state index in [1.54, 1.807) is 7.11 Å². The summed E-state index contributed by atoms with van der Waals surface area (Å²) in [6, 6.07) is 7.45. The Balaban J connectivity index is 1.85. The van der Waals surface area contributed by atoms with E-state index in [9.17, 15) is 9.59 Å². The summed E-state index contributed by atoms with van der Waals surface area (Å²) >= 11 is 1.39. The molecule has 3 aromatic rings. The Morgan fingerprint density at radius 2 is 2.00 bits per heavy atom. The van der Waals surface area contributed by atoms with Crippen LogP contribution in [0.4, 0.5) is 0 Å². The van der Waals surface area contributed by atoms with Crippen molar-refractivity contribution in [2.75, 3.05) is 26.9 Å². The van der Waals surface area contributed by atoms with Gasteiger partial charge in [-0.1, -0.05) is 12.1 Å². The lowest BCUT2D eigenvalue weighted by Crippen LogP contribution is -2.26. The highest BCUT2D eigenvalue weighted by Crippen LogP contribution is 2.31. The molecule has 27 heavy (non-hydrogen) atoms. The topological polar surface area (TPSA) is 79.7 Å². The molecule has 0 fully saturated rings. The van der Waals surface area contributed by atoms with Crippen LogP contribution < -0.4 is 10.3 Å². The maximum Gasteiger partial charge on any atom is 0.326 e. The maximum atomic E-state index is 12.9. The molecule has 0 aliphatic heterocycles. The first-order chi connectivity index (χ1) is 13.1. The number of nitrogens with zero attached hydrogens (tertiary/aromatic N) is 2. The van der Waals surface area contributed by atoms with Crippen molar-refractivity contribution >= 4 is 27.5 Å². The van der Waals surface area contributed by atoms with Gasteiger partial charge in [-0.3, -0.25) is 14.2 Å². The van der Waals surface area contributed by atoms with Crippen molar-refractivity contribution in [2.45, 2.75) is 13.5 Å². The van der Waals surface area contributed by atoms with Crippen LogP contribution in [0.1, 0.15) is 6.92 Å². The van der Waals surface area contributed by atoms with Gasteiger partial charge in [0.15, 0.2) is 0 Å². The van der Waals surface area contributed by atoms with E-state index >= 15 is 0 Å². The molecule has 0 unspecified atom stereocenters. The van der Waals surface area contributed by atoms with Crippen molar-refractivity contribution in [3.8, 4) is 16.9 Å². The second kappa shape index (κ2) is 8.79. The first-order valence-corrected chi connectivity index (χ1v) is 9.36. The second-order valence-corrected chi connectivity index (χ2v) is 6.51. The predicted molar refractivity (Wildman–Crippen MR) is 103 cm³/mol. The van der Waals surface area contributed by atoms with Gasteiger partial charge in [0.2, 0.25) is 0 Å². The van der Waals surface area contributed by atoms with E-state index in [0.29, 0.717) is 23.4 Å². The van der Waals surface area contributed by atoms with E-state index in [1.807, 2.05) is 36.6 Å². The molecular formula is C19H20N2O5S. The minimum Gasteiger partial charge on any atom is -0.497 e. The zero-order valence-corrected chi connectivity index (χ0v) is 16.0. The average molecular weight is 388 g/mol. The number of ether oxygens (including phenoxy) is 3. The van der Waals surface area contributed by atoms with Gasteiger partial charge in [0.05, 0.1) is 25.4 Å². The van der Waals surface area contributed by atoms with Crippen LogP contribution in [-0.2, 0) is 20.8 Å². The molecule has 0 aliphatic rings. The molecule has 0 spiro atoms. The second-order valence-electron chi connectivity index (χ2n) is 5.65. The number of thiophene rings is 1. The molecule has 0 N–H and O–H groups in total. The van der Waals surface area contributed by atoms with Crippen LogP contribution >= 0.6 is 11.3 Å². The molecule has 0 atom stereocenters. The Morgan fingerprint density at radius 1 is 1.22 bits per heavy atom. The SMILES string of the molecule is CCOCCOC(=O)Cn1cnc2scc(-c3ccc(OC)cc3)c2c1=O. The van der Waals surface area contributed by atoms with Crippen molar-refractivity contribution in [2.24, 2.45) is 0 Å². The molecule has 142 valence electrons. The zero-order chi connectivity index (χ0) is 19.2. The van der Waals surface area contributed by atoms with Crippen LogP contribution in [0.25, 0.3) is 21.3 Å². The number of esters is 1. The smallest absolute Gasteiger partial charge is 0.326 e. The van der Waals surface area contributed by atoms with Crippen molar-refractivity contribution in [1.82, 2.24) is 9.55 Å². The molecule has 2 aromatic heterocycles. The summed E-state index contributed by atoms with van der Waals surface area (Å²) in [5.41, 5.74) is 1.40. The number of fused-ring (bicyclic) bond motifs is 1. The summed E-state index contributed by atoms with van der Waals surface area (Å²) in [6.45, 7) is 2.73. The van der Waals surface area contributed by atoms with Gasteiger partial charge in [-0.2, -0.15) is 0 Å². The number of hydrogen-bond donors (Lipinski definition) is 0. The number of benzene rings is 1. The lowest BCUT2D eigenvalue weighted by atomic mass is 10.1. The molecule has 8 heteroatoms. The fourth-order valence-corrected chi connectivity index (χ4v) is 3.51. The highest BCUT2D eigenvalue weighted by molar-refractivity contribution is 7.17. The minimum atomic E-state index is -0.501. The van der Waals surface area contributed by atoms with Gasteiger partial charge >= 0.3 is 5.97 Å². The average Bonchev–Trinajstić information content (AvgIpc) is 3.12. The number of aromatic nitrogens is 2. The monoisotopic (exact) mass is 388 g/mol. The quantitative estimate of drug-likeness (QED) is 0.436. The van der Waals surface area contributed by atoms with Crippen molar-refractivity contribution in [1.29, 1.82) is 0 Å². The van der Waals surface area contributed by atoms with Gasteiger partial charge in [0, 0.05) is 17.6 Å². The number of carbonyl (C=O) groups is 1. The van der Waals surface area contributed by atoms with E-state index in [4.69, 9.17) is 14.2 Å². The van der Waals surface area contributed by atoms with E-state index in [0.717, 1.165) is 16.9 Å². The Kier molecular flexibility index (Phi) is 6.20. The molecule has 0 bridgehead atoms. The van der Waals surface area contributed by atoms with Crippen LogP contribution in [0.3, 0.4) is 0 Å². The van der Waals surface area contributed by atoms with Gasteiger partial charge < -0.3 is 14.2 Å². The molecule has 0 saturated heterocycles. The van der Waals surface area contributed by atoms with Crippen LogP contribution in [0, 0.1) is 0 Å². The van der Waals surface area contributed by atoms with Crippen molar-refractivity contribution in [3.05, 3.63) is 46.3 Å². The fraction of sp³-hybridized carbons (Fsp3) is 0.316. The van der Waals surface area contributed by atoms with E-state index in [-0.39, 0.29) is 18.7 Å². The van der Waals surface area contributed by atoms with Gasteiger partial charge in [-0.15, -0.1) is 11.3 Å². The van der Waals surface area contributed by atoms with Gasteiger partial charge in [0.25, 0.3) is 5.56 Å². The Bertz CT molecular complexity index is 978. The number of methoxy groups -OCH3 is 1. The summed E-state index contributed by atoms with van der Waals surface area (Å²) in [7, 11) is 1.60. The van der Waals surface area contributed by atoms with Gasteiger partial charge in [-0.05, 0) is 24.6 Å². The van der Waals surface area contributed by atoms with E-state index in [2.05, 4.69) is 4.98 Å². The minimum absolute atomic E-state index is 0.159. The molecular weight excluding hydrogens is 368 g/mol. The normalized spacial score (nSPS) is 10.9. The lowest BCUT2D eigenvalue weighted by molar-refractivity contribution is -0.145. The third-order valence-corrected chi connectivity index (χ3v) is 4.84. The Morgan fingerprint density at radius 3 is 2.70 bits per heavy atom. The predicted octanol–water partition coefficient (Wildman–Crippen LogP) is 2.71. The molecule has 0 radical (unpaired) electrons. The van der Waals surface area contributed by atoms with Crippen LogP contribution in [0.2, 0.25) is 0 Å². The number of hydrogen-bond acceptors (Lipinski definition) is 7. The first-order valence-electron chi connectivity index (χ1n) is 8.48. The molecule has 1 aromatic carbocycles. The van der Waals surface area contributed by atoms with Gasteiger partial charge in [0.1, 0.15) is 23.7 Å². The standard InChI is InChI=1S/C19H20N2O5S/c1-3-25-8-9-26-16(22)10-21-12-20-18-17(19(21)23)15(11-27-18)13-4-6-14(24-2)7-5-13/h4-7,11-12H,3,8-10H2,1-2H3. The molecule has 2 heterocycles. The third-order valence-electron chi connectivity index (χ3n) is 3.96. The molecule has 0 amide bonds. The van der Waals surface area contributed by atoms with E-state index in [1.165, 1.54) is 22.2 Å². The lowest BCUT2D eigenvalue weighted by Gasteiger charge is -2.07. The highest BCUT2D eigenvalue weighted by atomic mass is 32.1. The van der Waals surface area contributed by atoms with Crippen LogP contribution in [0.15, 0.2) is 40.8 Å².